The first-order valence-electron chi connectivity index (χ1n) is 13.2. The van der Waals surface area contributed by atoms with E-state index in [1.54, 1.807) is 30.1 Å². The maximum absolute atomic E-state index is 14.6. The molecule has 0 aliphatic carbocycles. The Morgan fingerprint density at radius 2 is 1.76 bits per heavy atom. The highest BCUT2D eigenvalue weighted by atomic mass is 16.6. The van der Waals surface area contributed by atoms with Gasteiger partial charge in [0, 0.05) is 12.2 Å². The summed E-state index contributed by atoms with van der Waals surface area (Å²) in [7, 11) is 0. The number of esters is 1. The number of aliphatic hydroxyl groups excluding tert-OH is 1. The molecule has 4 aliphatic rings. The Kier molecular flexibility index (Phi) is 5.74. The summed E-state index contributed by atoms with van der Waals surface area (Å²) in [6.45, 7) is 5.65. The van der Waals surface area contributed by atoms with Gasteiger partial charge in [0.25, 0.3) is 5.91 Å². The van der Waals surface area contributed by atoms with Crippen LogP contribution in [0.15, 0.2) is 66.8 Å². The lowest BCUT2D eigenvalue weighted by Gasteiger charge is -2.41. The number of fused-ring (bicyclic) bond motifs is 3. The summed E-state index contributed by atoms with van der Waals surface area (Å²) in [5, 5.41) is 12.4. The molecule has 0 aromatic heterocycles. The lowest BCUT2D eigenvalue weighted by Crippen LogP contribution is -2.59. The van der Waals surface area contributed by atoms with E-state index in [1.165, 1.54) is 4.90 Å². The standard InChI is InChI=1S/C30H32N2O6/c1-18(2)22(17-33)32-25-27(35)31(21-11-10-19-8-4-5-9-20(19)16-21)14-6-13-30(25)23(26(32)34)24-28(36)37-15-7-12-29(24,3)38-30/h4-13,16,18,22-25,33H,14-15,17H2,1-3H3/t22-,23-,24+,25?,29-,30-/m0/s1. The first-order valence-corrected chi connectivity index (χ1v) is 13.2. The molecule has 2 amide bonds. The second-order valence-corrected chi connectivity index (χ2v) is 11.2. The van der Waals surface area contributed by atoms with Gasteiger partial charge in [-0.2, -0.15) is 0 Å². The molecule has 6 rings (SSSR count). The van der Waals surface area contributed by atoms with E-state index in [1.807, 2.05) is 62.4 Å². The summed E-state index contributed by atoms with van der Waals surface area (Å²) in [6, 6.07) is 12.1. The second-order valence-electron chi connectivity index (χ2n) is 11.2. The number of cyclic esters (lactones) is 1. The molecule has 0 saturated carbocycles. The molecular formula is C30H32N2O6. The van der Waals surface area contributed by atoms with Gasteiger partial charge < -0.3 is 24.4 Å². The third kappa shape index (κ3) is 3.39. The number of hydrogen-bond donors (Lipinski definition) is 1. The Morgan fingerprint density at radius 3 is 2.50 bits per heavy atom. The third-order valence-electron chi connectivity index (χ3n) is 8.61. The van der Waals surface area contributed by atoms with E-state index >= 15 is 0 Å². The maximum Gasteiger partial charge on any atom is 0.313 e. The first-order chi connectivity index (χ1) is 18.2. The first kappa shape index (κ1) is 24.8. The summed E-state index contributed by atoms with van der Waals surface area (Å²) in [5.74, 6) is -3.22. The number of anilines is 1. The predicted molar refractivity (Wildman–Crippen MR) is 141 cm³/mol. The number of amides is 2. The van der Waals surface area contributed by atoms with Crippen LogP contribution >= 0.6 is 0 Å². The van der Waals surface area contributed by atoms with Gasteiger partial charge in [-0.25, -0.2) is 0 Å². The molecule has 1 N–H and O–H groups in total. The summed E-state index contributed by atoms with van der Waals surface area (Å²) in [4.78, 5) is 45.2. The van der Waals surface area contributed by atoms with Crippen LogP contribution in [0.2, 0.25) is 0 Å². The van der Waals surface area contributed by atoms with Gasteiger partial charge in [-0.15, -0.1) is 0 Å². The Morgan fingerprint density at radius 1 is 1.00 bits per heavy atom. The van der Waals surface area contributed by atoms with Gasteiger partial charge in [0.15, 0.2) is 0 Å². The van der Waals surface area contributed by atoms with E-state index in [2.05, 4.69) is 0 Å². The Bertz CT molecular complexity index is 1380. The highest BCUT2D eigenvalue weighted by Gasteiger charge is 2.75. The van der Waals surface area contributed by atoms with Crippen LogP contribution in [0, 0.1) is 17.8 Å². The predicted octanol–water partition coefficient (Wildman–Crippen LogP) is 2.84. The van der Waals surface area contributed by atoms with Crippen molar-refractivity contribution in [2.45, 2.75) is 44.1 Å². The van der Waals surface area contributed by atoms with Crippen LogP contribution in [0.1, 0.15) is 20.8 Å². The Balaban J connectivity index is 1.52. The van der Waals surface area contributed by atoms with Gasteiger partial charge >= 0.3 is 5.97 Å². The Hall–Kier alpha value is -3.49. The van der Waals surface area contributed by atoms with Crippen LogP contribution in [0.4, 0.5) is 5.69 Å². The van der Waals surface area contributed by atoms with Crippen molar-refractivity contribution in [1.29, 1.82) is 0 Å². The van der Waals surface area contributed by atoms with Crippen molar-refractivity contribution >= 4 is 34.2 Å². The summed E-state index contributed by atoms with van der Waals surface area (Å²) in [6.07, 6.45) is 7.15. The van der Waals surface area contributed by atoms with E-state index in [0.29, 0.717) is 5.69 Å². The zero-order chi connectivity index (χ0) is 26.8. The monoisotopic (exact) mass is 516 g/mol. The zero-order valence-electron chi connectivity index (χ0n) is 21.7. The van der Waals surface area contributed by atoms with Gasteiger partial charge in [-0.3, -0.25) is 14.4 Å². The molecule has 2 saturated heterocycles. The fraction of sp³-hybridized carbons (Fsp3) is 0.433. The highest BCUT2D eigenvalue weighted by Crippen LogP contribution is 2.58. The van der Waals surface area contributed by atoms with Crippen LogP contribution in [0.5, 0.6) is 0 Å². The van der Waals surface area contributed by atoms with Gasteiger partial charge in [0.05, 0.1) is 24.2 Å². The van der Waals surface area contributed by atoms with Crippen LogP contribution in [0.3, 0.4) is 0 Å². The molecule has 8 nitrogen and oxygen atoms in total. The van der Waals surface area contributed by atoms with Crippen molar-refractivity contribution in [3.63, 3.8) is 0 Å². The molecule has 8 heteroatoms. The minimum atomic E-state index is -1.39. The fourth-order valence-corrected chi connectivity index (χ4v) is 6.85. The molecule has 0 bridgehead atoms. The number of carbonyl (C=O) groups excluding carboxylic acids is 3. The molecule has 0 radical (unpaired) electrons. The van der Waals surface area contributed by atoms with Crippen molar-refractivity contribution in [2.75, 3.05) is 24.7 Å². The van der Waals surface area contributed by atoms with E-state index in [4.69, 9.17) is 9.47 Å². The van der Waals surface area contributed by atoms with Crippen molar-refractivity contribution in [3.05, 3.63) is 66.8 Å². The quantitative estimate of drug-likeness (QED) is 0.496. The molecular weight excluding hydrogens is 484 g/mol. The number of carbonyl (C=O) groups is 3. The average Bonchev–Trinajstić information content (AvgIpc) is 3.15. The average molecular weight is 517 g/mol. The molecule has 38 heavy (non-hydrogen) atoms. The van der Waals surface area contributed by atoms with Crippen LogP contribution in [0.25, 0.3) is 10.8 Å². The van der Waals surface area contributed by atoms with E-state index < -0.39 is 41.1 Å². The molecule has 1 unspecified atom stereocenters. The van der Waals surface area contributed by atoms with Crippen molar-refractivity contribution < 1.29 is 29.0 Å². The Labute approximate surface area is 221 Å². The van der Waals surface area contributed by atoms with Gasteiger partial charge in [0.1, 0.15) is 24.2 Å². The number of hydrogen-bond acceptors (Lipinski definition) is 6. The molecule has 2 fully saturated rings. The number of aliphatic hydroxyl groups is 1. The van der Waals surface area contributed by atoms with E-state index in [9.17, 15) is 19.5 Å². The summed E-state index contributed by atoms with van der Waals surface area (Å²) >= 11 is 0. The summed E-state index contributed by atoms with van der Waals surface area (Å²) < 4.78 is 12.2. The number of benzene rings is 2. The van der Waals surface area contributed by atoms with Crippen LogP contribution < -0.4 is 4.90 Å². The van der Waals surface area contributed by atoms with Crippen LogP contribution in [-0.2, 0) is 23.9 Å². The molecule has 2 aromatic rings. The molecule has 4 heterocycles. The minimum Gasteiger partial charge on any atom is -0.461 e. The SMILES string of the molecule is CC(C)[C@H](CO)N1C(=O)[C@@H]2[C@@H]3C(=O)OCC=C[C@]3(C)O[C@@]23C=CCN(c2ccc4ccccc4c2)C(=O)C13. The lowest BCUT2D eigenvalue weighted by molar-refractivity contribution is -0.158. The normalized spacial score (nSPS) is 33.2. The van der Waals surface area contributed by atoms with Gasteiger partial charge in [-0.05, 0) is 41.8 Å². The van der Waals surface area contributed by atoms with Crippen molar-refractivity contribution in [2.24, 2.45) is 17.8 Å². The number of nitrogens with zero attached hydrogens (tertiary/aromatic N) is 2. The van der Waals surface area contributed by atoms with Crippen molar-refractivity contribution in [1.82, 2.24) is 4.90 Å². The zero-order valence-corrected chi connectivity index (χ0v) is 21.7. The van der Waals surface area contributed by atoms with E-state index in [-0.39, 0.29) is 37.5 Å². The minimum absolute atomic E-state index is 0.102. The molecule has 198 valence electrons. The molecule has 6 atom stereocenters. The second kappa shape index (κ2) is 8.78. The van der Waals surface area contributed by atoms with E-state index in [0.717, 1.165) is 10.8 Å². The lowest BCUT2D eigenvalue weighted by atomic mass is 9.75. The van der Waals surface area contributed by atoms with Gasteiger partial charge in [-0.1, -0.05) is 62.4 Å². The topological polar surface area (TPSA) is 96.4 Å². The fourth-order valence-electron chi connectivity index (χ4n) is 6.85. The largest absolute Gasteiger partial charge is 0.461 e. The van der Waals surface area contributed by atoms with Gasteiger partial charge in [0.2, 0.25) is 5.91 Å². The molecule has 1 spiro atoms. The number of likely N-dealkylation sites (tertiary alicyclic amines) is 1. The smallest absolute Gasteiger partial charge is 0.313 e. The van der Waals surface area contributed by atoms with Crippen LogP contribution in [-0.4, -0.2) is 70.8 Å². The van der Waals surface area contributed by atoms with Crippen molar-refractivity contribution in [3.8, 4) is 0 Å². The highest BCUT2D eigenvalue weighted by molar-refractivity contribution is 6.06. The summed E-state index contributed by atoms with van der Waals surface area (Å²) in [5.41, 5.74) is -1.80. The molecule has 2 aromatic carbocycles. The maximum atomic E-state index is 14.6. The molecule has 4 aliphatic heterocycles. The number of rotatable bonds is 4. The number of ether oxygens (including phenoxy) is 2. The third-order valence-corrected chi connectivity index (χ3v) is 8.61.